The fourth-order valence-electron chi connectivity index (χ4n) is 2.62. The second-order valence-electron chi connectivity index (χ2n) is 6.20. The molecule has 2 N–H and O–H groups in total. The van der Waals surface area contributed by atoms with Gasteiger partial charge in [-0.1, -0.05) is 60.1 Å². The molecule has 3 rings (SSSR count). The Morgan fingerprint density at radius 1 is 0.857 bits per heavy atom. The Bertz CT molecular complexity index is 1010. The first-order valence-electron chi connectivity index (χ1n) is 8.73. The van der Waals surface area contributed by atoms with E-state index in [2.05, 4.69) is 10.6 Å². The molecule has 0 saturated heterocycles. The summed E-state index contributed by atoms with van der Waals surface area (Å²) in [5.74, 6) is -0.760. The Labute approximate surface area is 168 Å². The Morgan fingerprint density at radius 3 is 2.18 bits per heavy atom. The van der Waals surface area contributed by atoms with Crippen LogP contribution in [-0.4, -0.2) is 11.8 Å². The van der Waals surface area contributed by atoms with Crippen molar-refractivity contribution in [2.24, 2.45) is 0 Å². The molecule has 3 aromatic rings. The van der Waals surface area contributed by atoms with Crippen molar-refractivity contribution in [3.05, 3.63) is 106 Å². The lowest BCUT2D eigenvalue weighted by Crippen LogP contribution is -2.31. The number of hydrogen-bond donors (Lipinski definition) is 2. The van der Waals surface area contributed by atoms with Gasteiger partial charge in [0.15, 0.2) is 0 Å². The third kappa shape index (κ3) is 5.09. The molecule has 5 heteroatoms. The van der Waals surface area contributed by atoms with Gasteiger partial charge in [0.25, 0.3) is 11.8 Å². The fraction of sp³-hybridized carbons (Fsp3) is 0.0435. The van der Waals surface area contributed by atoms with Crippen LogP contribution in [0.15, 0.2) is 84.6 Å². The average molecular weight is 391 g/mol. The first-order valence-corrected chi connectivity index (χ1v) is 9.11. The van der Waals surface area contributed by atoms with Crippen molar-refractivity contribution in [1.29, 1.82) is 0 Å². The van der Waals surface area contributed by atoms with Crippen molar-refractivity contribution in [1.82, 2.24) is 5.32 Å². The van der Waals surface area contributed by atoms with E-state index < -0.39 is 5.91 Å². The average Bonchev–Trinajstić information content (AvgIpc) is 2.70. The van der Waals surface area contributed by atoms with Crippen LogP contribution in [0.1, 0.15) is 21.5 Å². The van der Waals surface area contributed by atoms with Gasteiger partial charge in [0.05, 0.1) is 0 Å². The molecular formula is C23H19ClN2O2. The van der Waals surface area contributed by atoms with Gasteiger partial charge in [-0.3, -0.25) is 9.59 Å². The highest BCUT2D eigenvalue weighted by molar-refractivity contribution is 6.30. The van der Waals surface area contributed by atoms with E-state index in [1.807, 2.05) is 37.3 Å². The summed E-state index contributed by atoms with van der Waals surface area (Å²) >= 11 is 5.93. The Balaban J connectivity index is 1.89. The Morgan fingerprint density at radius 2 is 1.50 bits per heavy atom. The number of para-hydroxylation sites is 1. The van der Waals surface area contributed by atoms with Crippen molar-refractivity contribution >= 4 is 35.2 Å². The summed E-state index contributed by atoms with van der Waals surface area (Å²) in [5.41, 5.74) is 2.86. The monoisotopic (exact) mass is 390 g/mol. The number of benzene rings is 3. The van der Waals surface area contributed by atoms with E-state index in [1.54, 1.807) is 54.6 Å². The smallest absolute Gasteiger partial charge is 0.272 e. The van der Waals surface area contributed by atoms with Crippen LogP contribution in [0.3, 0.4) is 0 Å². The van der Waals surface area contributed by atoms with Gasteiger partial charge >= 0.3 is 0 Å². The highest BCUT2D eigenvalue weighted by Crippen LogP contribution is 2.15. The van der Waals surface area contributed by atoms with Crippen LogP contribution < -0.4 is 10.6 Å². The summed E-state index contributed by atoms with van der Waals surface area (Å²) in [4.78, 5) is 25.5. The molecule has 0 fully saturated rings. The standard InChI is InChI=1S/C23H19ClN2O2/c1-16-7-5-6-10-20(16)22(27)26-21(15-17-11-13-18(24)14-12-17)23(28)25-19-8-3-2-4-9-19/h2-15H,1H3,(H,25,28)(H,26,27)/b21-15+. The third-order valence-corrected chi connectivity index (χ3v) is 4.35. The SMILES string of the molecule is Cc1ccccc1C(=O)N/C(=C/c1ccc(Cl)cc1)C(=O)Nc1ccccc1. The van der Waals surface area contributed by atoms with E-state index in [-0.39, 0.29) is 11.6 Å². The minimum Gasteiger partial charge on any atom is -0.321 e. The van der Waals surface area contributed by atoms with Gasteiger partial charge in [-0.15, -0.1) is 0 Å². The summed E-state index contributed by atoms with van der Waals surface area (Å²) in [5, 5.41) is 6.13. The molecule has 0 unspecified atom stereocenters. The molecule has 3 aromatic carbocycles. The van der Waals surface area contributed by atoms with Crippen LogP contribution in [0.2, 0.25) is 5.02 Å². The van der Waals surface area contributed by atoms with Crippen molar-refractivity contribution in [2.45, 2.75) is 6.92 Å². The highest BCUT2D eigenvalue weighted by atomic mass is 35.5. The number of carbonyl (C=O) groups is 2. The predicted octanol–water partition coefficient (Wildman–Crippen LogP) is 5.06. The molecule has 0 radical (unpaired) electrons. The first kappa shape index (κ1) is 19.4. The van der Waals surface area contributed by atoms with Gasteiger partial charge in [-0.2, -0.15) is 0 Å². The predicted molar refractivity (Wildman–Crippen MR) is 113 cm³/mol. The summed E-state index contributed by atoms with van der Waals surface area (Å²) in [6.07, 6.45) is 1.62. The maximum atomic E-state index is 12.8. The summed E-state index contributed by atoms with van der Waals surface area (Å²) < 4.78 is 0. The van der Waals surface area contributed by atoms with Crippen LogP contribution in [-0.2, 0) is 4.79 Å². The summed E-state index contributed by atoms with van der Waals surface area (Å²) in [6, 6.07) is 23.3. The van der Waals surface area contributed by atoms with Crippen LogP contribution in [0, 0.1) is 6.92 Å². The van der Waals surface area contributed by atoms with Crippen molar-refractivity contribution < 1.29 is 9.59 Å². The van der Waals surface area contributed by atoms with E-state index in [9.17, 15) is 9.59 Å². The summed E-state index contributed by atoms with van der Waals surface area (Å²) in [6.45, 7) is 1.85. The van der Waals surface area contributed by atoms with E-state index in [1.165, 1.54) is 0 Å². The molecule has 0 aliphatic heterocycles. The van der Waals surface area contributed by atoms with Gasteiger partial charge in [0.1, 0.15) is 5.70 Å². The normalized spacial score (nSPS) is 11.0. The number of nitrogens with one attached hydrogen (secondary N) is 2. The van der Waals surface area contributed by atoms with E-state index in [0.717, 1.165) is 11.1 Å². The fourth-order valence-corrected chi connectivity index (χ4v) is 2.75. The summed E-state index contributed by atoms with van der Waals surface area (Å²) in [7, 11) is 0. The molecular weight excluding hydrogens is 372 g/mol. The van der Waals surface area contributed by atoms with Gasteiger partial charge in [0, 0.05) is 16.3 Å². The van der Waals surface area contributed by atoms with E-state index in [0.29, 0.717) is 16.3 Å². The van der Waals surface area contributed by atoms with Crippen molar-refractivity contribution in [3.8, 4) is 0 Å². The Kier molecular flexibility index (Phi) is 6.25. The second-order valence-corrected chi connectivity index (χ2v) is 6.64. The molecule has 0 aromatic heterocycles. The van der Waals surface area contributed by atoms with Crippen molar-refractivity contribution in [2.75, 3.05) is 5.32 Å². The number of rotatable bonds is 5. The number of amides is 2. The van der Waals surface area contributed by atoms with Crippen LogP contribution in [0.25, 0.3) is 6.08 Å². The molecule has 0 atom stereocenters. The van der Waals surface area contributed by atoms with Gasteiger partial charge < -0.3 is 10.6 Å². The largest absolute Gasteiger partial charge is 0.321 e. The van der Waals surface area contributed by atoms with E-state index >= 15 is 0 Å². The highest BCUT2D eigenvalue weighted by Gasteiger charge is 2.16. The van der Waals surface area contributed by atoms with Gasteiger partial charge in [-0.25, -0.2) is 0 Å². The molecule has 0 heterocycles. The van der Waals surface area contributed by atoms with Crippen molar-refractivity contribution in [3.63, 3.8) is 0 Å². The lowest BCUT2D eigenvalue weighted by molar-refractivity contribution is -0.113. The van der Waals surface area contributed by atoms with Crippen LogP contribution in [0.4, 0.5) is 5.69 Å². The minimum absolute atomic E-state index is 0.138. The van der Waals surface area contributed by atoms with Gasteiger partial charge in [0.2, 0.25) is 0 Å². The number of hydrogen-bond acceptors (Lipinski definition) is 2. The minimum atomic E-state index is -0.414. The number of halogens is 1. The number of aryl methyl sites for hydroxylation is 1. The van der Waals surface area contributed by atoms with E-state index in [4.69, 9.17) is 11.6 Å². The molecule has 0 aliphatic carbocycles. The first-order chi connectivity index (χ1) is 13.5. The maximum Gasteiger partial charge on any atom is 0.272 e. The molecule has 2 amide bonds. The number of anilines is 1. The molecule has 0 bridgehead atoms. The lowest BCUT2D eigenvalue weighted by Gasteiger charge is -2.12. The van der Waals surface area contributed by atoms with Gasteiger partial charge in [-0.05, 0) is 54.5 Å². The van der Waals surface area contributed by atoms with Crippen LogP contribution in [0.5, 0.6) is 0 Å². The quantitative estimate of drug-likeness (QED) is 0.598. The molecule has 4 nitrogen and oxygen atoms in total. The third-order valence-electron chi connectivity index (χ3n) is 4.10. The number of carbonyl (C=O) groups excluding carboxylic acids is 2. The zero-order valence-corrected chi connectivity index (χ0v) is 16.0. The molecule has 0 saturated carbocycles. The molecule has 0 spiro atoms. The zero-order valence-electron chi connectivity index (χ0n) is 15.3. The molecule has 140 valence electrons. The Hall–Kier alpha value is -3.37. The zero-order chi connectivity index (χ0) is 19.9. The molecule has 28 heavy (non-hydrogen) atoms. The second kappa shape index (κ2) is 9.02. The molecule has 0 aliphatic rings. The van der Waals surface area contributed by atoms with Crippen LogP contribution >= 0.6 is 11.6 Å². The lowest BCUT2D eigenvalue weighted by atomic mass is 10.1. The maximum absolute atomic E-state index is 12.8. The topological polar surface area (TPSA) is 58.2 Å².